The molecule has 0 aliphatic carbocycles. The normalized spacial score (nSPS) is 10.4. The van der Waals surface area contributed by atoms with Gasteiger partial charge in [-0.15, -0.1) is 0 Å². The van der Waals surface area contributed by atoms with E-state index in [4.69, 9.17) is 0 Å². The molecule has 20 heavy (non-hydrogen) atoms. The Balaban J connectivity index is 1.88. The van der Waals surface area contributed by atoms with Crippen LogP contribution in [0.15, 0.2) is 36.4 Å². The second kappa shape index (κ2) is 6.47. The summed E-state index contributed by atoms with van der Waals surface area (Å²) >= 11 is 0. The summed E-state index contributed by atoms with van der Waals surface area (Å²) in [6, 6.07) is 12.8. The van der Waals surface area contributed by atoms with Crippen molar-refractivity contribution in [3.05, 3.63) is 58.7 Å². The molecule has 0 bridgehead atoms. The molecule has 0 spiro atoms. The lowest BCUT2D eigenvalue weighted by Crippen LogP contribution is -2.15. The largest absolute Gasteiger partial charge is 0.383 e. The first-order valence-electron chi connectivity index (χ1n) is 7.20. The summed E-state index contributed by atoms with van der Waals surface area (Å²) in [4.78, 5) is 0. The number of anilines is 2. The average Bonchev–Trinajstić information content (AvgIpc) is 2.43. The van der Waals surface area contributed by atoms with Gasteiger partial charge in [0.1, 0.15) is 0 Å². The summed E-state index contributed by atoms with van der Waals surface area (Å²) in [6.07, 6.45) is 0. The smallest absolute Gasteiger partial charge is 0.0373 e. The molecule has 0 saturated heterocycles. The highest BCUT2D eigenvalue weighted by Gasteiger charge is 2.01. The van der Waals surface area contributed by atoms with Crippen LogP contribution in [0.4, 0.5) is 11.4 Å². The van der Waals surface area contributed by atoms with Crippen LogP contribution in [0.3, 0.4) is 0 Å². The van der Waals surface area contributed by atoms with Crippen LogP contribution in [-0.4, -0.2) is 13.1 Å². The molecule has 0 fully saturated rings. The van der Waals surface area contributed by atoms with Crippen molar-refractivity contribution >= 4 is 11.4 Å². The van der Waals surface area contributed by atoms with E-state index in [9.17, 15) is 0 Å². The van der Waals surface area contributed by atoms with Gasteiger partial charge in [0, 0.05) is 24.5 Å². The molecule has 2 aromatic rings. The molecule has 0 aliphatic rings. The molecular formula is C18H24N2. The van der Waals surface area contributed by atoms with Gasteiger partial charge in [0.25, 0.3) is 0 Å². The zero-order valence-electron chi connectivity index (χ0n) is 12.9. The predicted octanol–water partition coefficient (Wildman–Crippen LogP) is 4.44. The molecule has 0 unspecified atom stereocenters. The van der Waals surface area contributed by atoms with Gasteiger partial charge < -0.3 is 10.6 Å². The molecule has 106 valence electrons. The third-order valence-corrected chi connectivity index (χ3v) is 3.97. The third kappa shape index (κ3) is 3.32. The third-order valence-electron chi connectivity index (χ3n) is 3.97. The summed E-state index contributed by atoms with van der Waals surface area (Å²) in [5, 5.41) is 6.99. The Labute approximate surface area is 122 Å². The van der Waals surface area contributed by atoms with Gasteiger partial charge in [-0.25, -0.2) is 0 Å². The molecule has 2 aromatic carbocycles. The van der Waals surface area contributed by atoms with E-state index in [0.29, 0.717) is 0 Å². The number of nitrogens with one attached hydrogen (secondary N) is 2. The molecule has 2 N–H and O–H groups in total. The van der Waals surface area contributed by atoms with Gasteiger partial charge in [0.05, 0.1) is 0 Å². The Hall–Kier alpha value is -1.96. The highest BCUT2D eigenvalue weighted by molar-refractivity contribution is 5.55. The SMILES string of the molecule is Cc1cccc(NCCNc2cccc(C)c2C)c1C. The zero-order valence-corrected chi connectivity index (χ0v) is 12.9. The molecular weight excluding hydrogens is 244 g/mol. The van der Waals surface area contributed by atoms with Gasteiger partial charge in [-0.05, 0) is 62.1 Å². The average molecular weight is 268 g/mol. The van der Waals surface area contributed by atoms with Gasteiger partial charge in [0.15, 0.2) is 0 Å². The number of benzene rings is 2. The highest BCUT2D eigenvalue weighted by atomic mass is 14.9. The lowest BCUT2D eigenvalue weighted by atomic mass is 10.1. The Morgan fingerprint density at radius 1 is 0.650 bits per heavy atom. The van der Waals surface area contributed by atoms with Crippen LogP contribution >= 0.6 is 0 Å². The van der Waals surface area contributed by atoms with Crippen molar-refractivity contribution in [3.63, 3.8) is 0 Å². The Morgan fingerprint density at radius 3 is 1.45 bits per heavy atom. The quantitative estimate of drug-likeness (QED) is 0.783. The van der Waals surface area contributed by atoms with E-state index in [1.807, 2.05) is 0 Å². The fourth-order valence-corrected chi connectivity index (χ4v) is 2.28. The number of hydrogen-bond acceptors (Lipinski definition) is 2. The highest BCUT2D eigenvalue weighted by Crippen LogP contribution is 2.19. The molecule has 0 radical (unpaired) electrons. The van der Waals surface area contributed by atoms with E-state index in [1.165, 1.54) is 33.6 Å². The minimum Gasteiger partial charge on any atom is -0.383 e. The van der Waals surface area contributed by atoms with Crippen molar-refractivity contribution in [2.24, 2.45) is 0 Å². The van der Waals surface area contributed by atoms with Crippen molar-refractivity contribution < 1.29 is 0 Å². The molecule has 2 nitrogen and oxygen atoms in total. The minimum atomic E-state index is 0.914. The lowest BCUT2D eigenvalue weighted by molar-refractivity contribution is 1.07. The molecule has 0 amide bonds. The van der Waals surface area contributed by atoms with Crippen molar-refractivity contribution in [1.29, 1.82) is 0 Å². The van der Waals surface area contributed by atoms with Gasteiger partial charge in [-0.1, -0.05) is 24.3 Å². The van der Waals surface area contributed by atoms with Gasteiger partial charge in [-0.3, -0.25) is 0 Å². The first-order valence-corrected chi connectivity index (χ1v) is 7.20. The summed E-state index contributed by atoms with van der Waals surface area (Å²) in [7, 11) is 0. The van der Waals surface area contributed by atoms with Gasteiger partial charge in [0.2, 0.25) is 0 Å². The number of aryl methyl sites for hydroxylation is 2. The maximum absolute atomic E-state index is 3.50. The van der Waals surface area contributed by atoms with Crippen LogP contribution in [0, 0.1) is 27.7 Å². The maximum Gasteiger partial charge on any atom is 0.0373 e. The fraction of sp³-hybridized carbons (Fsp3) is 0.333. The second-order valence-electron chi connectivity index (χ2n) is 5.35. The molecule has 2 rings (SSSR count). The standard InChI is InChI=1S/C18H24N2/c1-13-7-5-9-17(15(13)3)19-11-12-20-18-10-6-8-14(2)16(18)4/h5-10,19-20H,11-12H2,1-4H3. The summed E-state index contributed by atoms with van der Waals surface area (Å²) in [5.74, 6) is 0. The topological polar surface area (TPSA) is 24.1 Å². The molecule has 0 aliphatic heterocycles. The lowest BCUT2D eigenvalue weighted by Gasteiger charge is -2.14. The molecule has 0 aromatic heterocycles. The van der Waals surface area contributed by atoms with E-state index < -0.39 is 0 Å². The van der Waals surface area contributed by atoms with Crippen LogP contribution in [0.2, 0.25) is 0 Å². The summed E-state index contributed by atoms with van der Waals surface area (Å²) in [6.45, 7) is 10.4. The van der Waals surface area contributed by atoms with E-state index >= 15 is 0 Å². The Bertz CT molecular complexity index is 534. The van der Waals surface area contributed by atoms with Gasteiger partial charge in [-0.2, -0.15) is 0 Å². The van der Waals surface area contributed by atoms with Crippen molar-refractivity contribution in [2.75, 3.05) is 23.7 Å². The van der Waals surface area contributed by atoms with Crippen LogP contribution in [0.1, 0.15) is 22.3 Å². The van der Waals surface area contributed by atoms with Crippen molar-refractivity contribution in [1.82, 2.24) is 0 Å². The molecule has 0 atom stereocenters. The Kier molecular flexibility index (Phi) is 4.67. The molecule has 2 heteroatoms. The van der Waals surface area contributed by atoms with Crippen molar-refractivity contribution in [3.8, 4) is 0 Å². The summed E-state index contributed by atoms with van der Waals surface area (Å²) < 4.78 is 0. The molecule has 0 heterocycles. The zero-order chi connectivity index (χ0) is 14.5. The predicted molar refractivity (Wildman–Crippen MR) is 88.8 cm³/mol. The minimum absolute atomic E-state index is 0.914. The van der Waals surface area contributed by atoms with Crippen LogP contribution in [0.25, 0.3) is 0 Å². The summed E-state index contributed by atoms with van der Waals surface area (Å²) in [5.41, 5.74) is 7.79. The monoisotopic (exact) mass is 268 g/mol. The van der Waals surface area contributed by atoms with E-state index in [2.05, 4.69) is 74.7 Å². The maximum atomic E-state index is 3.50. The van der Waals surface area contributed by atoms with Crippen LogP contribution in [0.5, 0.6) is 0 Å². The van der Waals surface area contributed by atoms with E-state index in [-0.39, 0.29) is 0 Å². The molecule has 0 saturated carbocycles. The van der Waals surface area contributed by atoms with E-state index in [0.717, 1.165) is 13.1 Å². The van der Waals surface area contributed by atoms with E-state index in [1.54, 1.807) is 0 Å². The first-order chi connectivity index (χ1) is 9.59. The number of hydrogen-bond donors (Lipinski definition) is 2. The Morgan fingerprint density at radius 2 is 1.05 bits per heavy atom. The van der Waals surface area contributed by atoms with Crippen LogP contribution in [-0.2, 0) is 0 Å². The number of rotatable bonds is 5. The van der Waals surface area contributed by atoms with Crippen molar-refractivity contribution in [2.45, 2.75) is 27.7 Å². The van der Waals surface area contributed by atoms with Gasteiger partial charge >= 0.3 is 0 Å². The fourth-order valence-electron chi connectivity index (χ4n) is 2.28. The first kappa shape index (κ1) is 14.4. The second-order valence-corrected chi connectivity index (χ2v) is 5.35. The van der Waals surface area contributed by atoms with Crippen LogP contribution < -0.4 is 10.6 Å².